The molecule has 1 aliphatic rings. The van der Waals surface area contributed by atoms with Gasteiger partial charge < -0.3 is 19.7 Å². The summed E-state index contributed by atoms with van der Waals surface area (Å²) >= 11 is 12.5. The van der Waals surface area contributed by atoms with E-state index in [1.54, 1.807) is 24.0 Å². The lowest BCUT2D eigenvalue weighted by molar-refractivity contribution is -0.908. The molecule has 27 heavy (non-hydrogen) atoms. The van der Waals surface area contributed by atoms with Crippen LogP contribution in [-0.2, 0) is 9.47 Å². The lowest BCUT2D eigenvalue weighted by Gasteiger charge is -2.23. The number of benzene rings is 1. The van der Waals surface area contributed by atoms with Gasteiger partial charge in [-0.3, -0.25) is 4.98 Å². The molecule has 2 heterocycles. The summed E-state index contributed by atoms with van der Waals surface area (Å²) in [6.45, 7) is 7.57. The average Bonchev–Trinajstić information content (AvgIpc) is 2.66. The fourth-order valence-electron chi connectivity index (χ4n) is 3.24. The minimum absolute atomic E-state index is 0.299. The molecule has 2 N–H and O–H groups in total. The number of anilines is 1. The Balaban J connectivity index is 1.81. The standard InChI is InChI=1S/C19H23Cl2N3O3/c1-2-27-19(25)15-12-23-18-14(10-13(20)11-16(18)21)17(15)22-4-3-5-24-6-8-26-9-7-24/h10-12H,2-9H2,1H3,(H,22,23)/p+1. The van der Waals surface area contributed by atoms with Gasteiger partial charge in [-0.25, -0.2) is 4.79 Å². The Labute approximate surface area is 168 Å². The second-order valence-corrected chi connectivity index (χ2v) is 7.29. The Hall–Kier alpha value is -1.60. The van der Waals surface area contributed by atoms with Crippen LogP contribution in [0.4, 0.5) is 5.69 Å². The molecule has 0 spiro atoms. The molecule has 1 saturated heterocycles. The van der Waals surface area contributed by atoms with Crippen molar-refractivity contribution < 1.29 is 19.2 Å². The predicted molar refractivity (Wildman–Crippen MR) is 107 cm³/mol. The van der Waals surface area contributed by atoms with Gasteiger partial charge >= 0.3 is 5.97 Å². The normalized spacial score (nSPS) is 15.1. The van der Waals surface area contributed by atoms with Gasteiger partial charge in [-0.2, -0.15) is 0 Å². The van der Waals surface area contributed by atoms with E-state index in [9.17, 15) is 4.79 Å². The van der Waals surface area contributed by atoms with Crippen molar-refractivity contribution in [3.63, 3.8) is 0 Å². The zero-order valence-corrected chi connectivity index (χ0v) is 16.8. The van der Waals surface area contributed by atoms with E-state index in [2.05, 4.69) is 10.3 Å². The number of nitrogens with zero attached hydrogens (tertiary/aromatic N) is 1. The minimum Gasteiger partial charge on any atom is -0.462 e. The van der Waals surface area contributed by atoms with Crippen LogP contribution in [-0.4, -0.2) is 57.0 Å². The molecule has 0 bridgehead atoms. The van der Waals surface area contributed by atoms with Gasteiger partial charge in [0, 0.05) is 29.6 Å². The summed E-state index contributed by atoms with van der Waals surface area (Å²) in [6.07, 6.45) is 2.48. The number of fused-ring (bicyclic) bond motifs is 1. The summed E-state index contributed by atoms with van der Waals surface area (Å²) in [7, 11) is 0. The summed E-state index contributed by atoms with van der Waals surface area (Å²) in [6, 6.07) is 3.42. The number of rotatable bonds is 7. The Morgan fingerprint density at radius 1 is 1.33 bits per heavy atom. The minimum atomic E-state index is -0.413. The van der Waals surface area contributed by atoms with Crippen LogP contribution >= 0.6 is 23.2 Å². The van der Waals surface area contributed by atoms with Crippen molar-refractivity contribution in [1.82, 2.24) is 4.98 Å². The highest BCUT2D eigenvalue weighted by Crippen LogP contribution is 2.33. The van der Waals surface area contributed by atoms with Crippen LogP contribution < -0.4 is 10.2 Å². The maximum Gasteiger partial charge on any atom is 0.341 e. The lowest BCUT2D eigenvalue weighted by atomic mass is 10.1. The first-order chi connectivity index (χ1) is 13.1. The molecule has 0 unspecified atom stereocenters. The molecule has 3 rings (SSSR count). The van der Waals surface area contributed by atoms with Crippen LogP contribution in [0.2, 0.25) is 10.0 Å². The molecule has 1 aliphatic heterocycles. The highest BCUT2D eigenvalue weighted by atomic mass is 35.5. The first-order valence-corrected chi connectivity index (χ1v) is 9.95. The third-order valence-electron chi connectivity index (χ3n) is 4.59. The van der Waals surface area contributed by atoms with E-state index in [4.69, 9.17) is 32.7 Å². The third-order valence-corrected chi connectivity index (χ3v) is 5.10. The monoisotopic (exact) mass is 412 g/mol. The largest absolute Gasteiger partial charge is 0.462 e. The molecule has 6 nitrogen and oxygen atoms in total. The summed E-state index contributed by atoms with van der Waals surface area (Å²) in [5, 5.41) is 5.06. The van der Waals surface area contributed by atoms with Gasteiger partial charge in [0.1, 0.15) is 18.7 Å². The number of aromatic nitrogens is 1. The Kier molecular flexibility index (Phi) is 7.13. The van der Waals surface area contributed by atoms with Crippen molar-refractivity contribution in [3.8, 4) is 0 Å². The number of morpholine rings is 1. The van der Waals surface area contributed by atoms with Crippen molar-refractivity contribution in [2.24, 2.45) is 0 Å². The SMILES string of the molecule is CCOC(=O)c1cnc2c(Cl)cc(Cl)cc2c1NCCC[NH+]1CCOCC1. The summed E-state index contributed by atoms with van der Waals surface area (Å²) in [5.74, 6) is -0.413. The van der Waals surface area contributed by atoms with Crippen LogP contribution in [0.25, 0.3) is 10.9 Å². The zero-order valence-electron chi connectivity index (χ0n) is 15.3. The average molecular weight is 413 g/mol. The number of halogens is 2. The number of esters is 1. The molecule has 1 aromatic carbocycles. The van der Waals surface area contributed by atoms with Crippen molar-refractivity contribution in [3.05, 3.63) is 33.9 Å². The van der Waals surface area contributed by atoms with Gasteiger partial charge in [0.15, 0.2) is 0 Å². The molecule has 0 amide bonds. The van der Waals surface area contributed by atoms with Crippen molar-refractivity contribution in [1.29, 1.82) is 0 Å². The van der Waals surface area contributed by atoms with Crippen molar-refractivity contribution in [2.45, 2.75) is 13.3 Å². The number of carbonyl (C=O) groups excluding carboxylic acids is 1. The molecular weight excluding hydrogens is 389 g/mol. The highest BCUT2D eigenvalue weighted by molar-refractivity contribution is 6.38. The molecule has 1 aromatic heterocycles. The Morgan fingerprint density at radius 3 is 2.85 bits per heavy atom. The zero-order chi connectivity index (χ0) is 19.2. The first-order valence-electron chi connectivity index (χ1n) is 9.20. The van der Waals surface area contributed by atoms with E-state index >= 15 is 0 Å². The van der Waals surface area contributed by atoms with Gasteiger partial charge in [-0.05, 0) is 19.1 Å². The highest BCUT2D eigenvalue weighted by Gasteiger charge is 2.19. The molecule has 0 aliphatic carbocycles. The van der Waals surface area contributed by atoms with Gasteiger partial charge in [0.2, 0.25) is 0 Å². The topological polar surface area (TPSA) is 64.9 Å². The van der Waals surface area contributed by atoms with Crippen molar-refractivity contribution >= 4 is 45.8 Å². The fraction of sp³-hybridized carbons (Fsp3) is 0.474. The third kappa shape index (κ3) is 5.02. The molecular formula is C19H24Cl2N3O3+. The molecule has 146 valence electrons. The van der Waals surface area contributed by atoms with Gasteiger partial charge in [-0.15, -0.1) is 0 Å². The molecule has 0 atom stereocenters. The Bertz CT molecular complexity index is 810. The van der Waals surface area contributed by atoms with Crippen LogP contribution in [0, 0.1) is 0 Å². The number of pyridine rings is 1. The maximum absolute atomic E-state index is 12.4. The van der Waals surface area contributed by atoms with E-state index in [1.807, 2.05) is 0 Å². The maximum atomic E-state index is 12.4. The Morgan fingerprint density at radius 2 is 2.11 bits per heavy atom. The van der Waals surface area contributed by atoms with E-state index < -0.39 is 5.97 Å². The molecule has 0 radical (unpaired) electrons. The quantitative estimate of drug-likeness (QED) is 0.539. The number of carbonyl (C=O) groups is 1. The summed E-state index contributed by atoms with van der Waals surface area (Å²) in [4.78, 5) is 18.3. The van der Waals surface area contributed by atoms with Crippen molar-refractivity contribution in [2.75, 3.05) is 51.3 Å². The van der Waals surface area contributed by atoms with Crippen LogP contribution in [0.5, 0.6) is 0 Å². The second kappa shape index (κ2) is 9.55. The van der Waals surface area contributed by atoms with Crippen LogP contribution in [0.1, 0.15) is 23.7 Å². The van der Waals surface area contributed by atoms with Gasteiger partial charge in [0.05, 0.1) is 42.6 Å². The predicted octanol–water partition coefficient (Wildman–Crippen LogP) is 2.44. The number of hydrogen-bond donors (Lipinski definition) is 2. The number of nitrogens with one attached hydrogen (secondary N) is 2. The molecule has 2 aromatic rings. The lowest BCUT2D eigenvalue weighted by Crippen LogP contribution is -3.14. The van der Waals surface area contributed by atoms with E-state index in [0.717, 1.165) is 51.2 Å². The van der Waals surface area contributed by atoms with Crippen LogP contribution in [0.3, 0.4) is 0 Å². The van der Waals surface area contributed by atoms with Crippen LogP contribution in [0.15, 0.2) is 18.3 Å². The molecule has 0 saturated carbocycles. The summed E-state index contributed by atoms with van der Waals surface area (Å²) < 4.78 is 10.6. The van der Waals surface area contributed by atoms with E-state index in [-0.39, 0.29) is 0 Å². The van der Waals surface area contributed by atoms with Gasteiger partial charge in [0.25, 0.3) is 0 Å². The fourth-order valence-corrected chi connectivity index (χ4v) is 3.78. The first kappa shape index (κ1) is 20.1. The number of ether oxygens (including phenoxy) is 2. The second-order valence-electron chi connectivity index (χ2n) is 6.44. The van der Waals surface area contributed by atoms with Gasteiger partial charge in [-0.1, -0.05) is 23.2 Å². The number of hydrogen-bond acceptors (Lipinski definition) is 5. The molecule has 8 heteroatoms. The van der Waals surface area contributed by atoms with E-state index in [1.165, 1.54) is 6.20 Å². The summed E-state index contributed by atoms with van der Waals surface area (Å²) in [5.41, 5.74) is 1.66. The van der Waals surface area contributed by atoms with E-state index in [0.29, 0.717) is 33.4 Å². The smallest absolute Gasteiger partial charge is 0.341 e. The molecule has 1 fully saturated rings. The number of quaternary nitrogens is 1.